The van der Waals surface area contributed by atoms with E-state index < -0.39 is 23.6 Å². The maximum atomic E-state index is 13.9. The monoisotopic (exact) mass is 328 g/mol. The van der Waals surface area contributed by atoms with Crippen LogP contribution in [-0.4, -0.2) is 31.1 Å². The molecule has 3 unspecified atom stereocenters. The molecule has 1 amide bonds. The van der Waals surface area contributed by atoms with Crippen molar-refractivity contribution < 1.29 is 18.3 Å². The van der Waals surface area contributed by atoms with Crippen molar-refractivity contribution >= 4 is 5.91 Å². The molecule has 0 spiro atoms. The van der Waals surface area contributed by atoms with Crippen LogP contribution in [0.2, 0.25) is 0 Å². The van der Waals surface area contributed by atoms with Gasteiger partial charge in [0.15, 0.2) is 11.6 Å². The lowest BCUT2D eigenvalue weighted by Crippen LogP contribution is -2.50. The van der Waals surface area contributed by atoms with Crippen LogP contribution in [-0.2, 0) is 11.3 Å². The van der Waals surface area contributed by atoms with Gasteiger partial charge in [-0.05, 0) is 19.9 Å². The topological polar surface area (TPSA) is 88.4 Å². The SMILES string of the molecule is COc1ccc(CNC(=O)C(N)C2C(C)NNC2C)c(F)c1F. The Balaban J connectivity index is 2.00. The van der Waals surface area contributed by atoms with Gasteiger partial charge in [0, 0.05) is 30.1 Å². The molecule has 1 aliphatic rings. The lowest BCUT2D eigenvalue weighted by molar-refractivity contribution is -0.123. The third-order valence-corrected chi connectivity index (χ3v) is 4.21. The van der Waals surface area contributed by atoms with E-state index in [2.05, 4.69) is 16.2 Å². The molecule has 0 aliphatic carbocycles. The van der Waals surface area contributed by atoms with Gasteiger partial charge < -0.3 is 15.8 Å². The second-order valence-electron chi connectivity index (χ2n) is 5.74. The fraction of sp³-hybridized carbons (Fsp3) is 0.533. The number of nitrogens with two attached hydrogens (primary N) is 1. The van der Waals surface area contributed by atoms with Crippen molar-refractivity contribution in [3.05, 3.63) is 29.3 Å². The number of benzene rings is 1. The molecule has 23 heavy (non-hydrogen) atoms. The predicted octanol–water partition coefficient (Wildman–Crippen LogP) is 0.418. The summed E-state index contributed by atoms with van der Waals surface area (Å²) in [6.45, 7) is 3.70. The van der Waals surface area contributed by atoms with Gasteiger partial charge in [0.1, 0.15) is 0 Å². The van der Waals surface area contributed by atoms with Crippen molar-refractivity contribution in [2.45, 2.75) is 38.5 Å². The number of carbonyl (C=O) groups is 1. The molecular formula is C15H22F2N4O2. The summed E-state index contributed by atoms with van der Waals surface area (Å²) in [6.07, 6.45) is 0. The largest absolute Gasteiger partial charge is 0.494 e. The van der Waals surface area contributed by atoms with Crippen LogP contribution >= 0.6 is 0 Å². The van der Waals surface area contributed by atoms with E-state index in [1.165, 1.54) is 19.2 Å². The highest BCUT2D eigenvalue weighted by Crippen LogP contribution is 2.22. The summed E-state index contributed by atoms with van der Waals surface area (Å²) in [5, 5.41) is 2.56. The van der Waals surface area contributed by atoms with E-state index in [4.69, 9.17) is 10.5 Å². The van der Waals surface area contributed by atoms with Gasteiger partial charge in [0.2, 0.25) is 11.7 Å². The van der Waals surface area contributed by atoms with Crippen molar-refractivity contribution in [2.75, 3.05) is 7.11 Å². The van der Waals surface area contributed by atoms with E-state index in [1.54, 1.807) is 0 Å². The van der Waals surface area contributed by atoms with E-state index in [9.17, 15) is 13.6 Å². The van der Waals surface area contributed by atoms with Crippen molar-refractivity contribution in [1.82, 2.24) is 16.2 Å². The van der Waals surface area contributed by atoms with Crippen LogP contribution < -0.4 is 26.6 Å². The summed E-state index contributed by atoms with van der Waals surface area (Å²) in [4.78, 5) is 12.2. The number of hydrogen-bond donors (Lipinski definition) is 4. The molecular weight excluding hydrogens is 306 g/mol. The lowest BCUT2D eigenvalue weighted by Gasteiger charge is -2.24. The smallest absolute Gasteiger partial charge is 0.237 e. The average Bonchev–Trinajstić information content (AvgIpc) is 2.86. The predicted molar refractivity (Wildman–Crippen MR) is 81.4 cm³/mol. The number of rotatable bonds is 5. The Kier molecular flexibility index (Phi) is 5.51. The zero-order valence-electron chi connectivity index (χ0n) is 13.3. The van der Waals surface area contributed by atoms with Crippen LogP contribution in [0.25, 0.3) is 0 Å². The summed E-state index contributed by atoms with van der Waals surface area (Å²) in [6, 6.07) is 1.98. The van der Waals surface area contributed by atoms with Gasteiger partial charge in [-0.2, -0.15) is 4.39 Å². The summed E-state index contributed by atoms with van der Waals surface area (Å²) >= 11 is 0. The standard InChI is InChI=1S/C15H22F2N4O2/c1-7-11(8(2)21-20-7)14(18)15(22)19-6-9-4-5-10(23-3)13(17)12(9)16/h4-5,7-8,11,14,20-21H,6,18H2,1-3H3,(H,19,22). The second-order valence-corrected chi connectivity index (χ2v) is 5.74. The van der Waals surface area contributed by atoms with Gasteiger partial charge in [0.05, 0.1) is 13.2 Å². The highest BCUT2D eigenvalue weighted by Gasteiger charge is 2.37. The van der Waals surface area contributed by atoms with Crippen molar-refractivity contribution in [3.63, 3.8) is 0 Å². The van der Waals surface area contributed by atoms with Gasteiger partial charge in [-0.15, -0.1) is 0 Å². The van der Waals surface area contributed by atoms with Crippen molar-refractivity contribution in [3.8, 4) is 5.75 Å². The molecule has 3 atom stereocenters. The van der Waals surface area contributed by atoms with Gasteiger partial charge >= 0.3 is 0 Å². The van der Waals surface area contributed by atoms with E-state index in [0.717, 1.165) is 0 Å². The highest BCUT2D eigenvalue weighted by molar-refractivity contribution is 5.82. The number of halogens is 2. The van der Waals surface area contributed by atoms with Gasteiger partial charge in [-0.25, -0.2) is 4.39 Å². The molecule has 1 saturated heterocycles. The molecule has 0 bridgehead atoms. The van der Waals surface area contributed by atoms with Gasteiger partial charge in [-0.1, -0.05) is 6.07 Å². The van der Waals surface area contributed by atoms with Crippen molar-refractivity contribution in [1.29, 1.82) is 0 Å². The number of carbonyl (C=O) groups excluding carboxylic acids is 1. The molecule has 0 saturated carbocycles. The first kappa shape index (κ1) is 17.6. The van der Waals surface area contributed by atoms with E-state index in [1.807, 2.05) is 13.8 Å². The average molecular weight is 328 g/mol. The fourth-order valence-corrected chi connectivity index (χ4v) is 2.85. The molecule has 1 aromatic carbocycles. The lowest BCUT2D eigenvalue weighted by atomic mass is 9.88. The molecule has 1 fully saturated rings. The minimum absolute atomic E-state index is 0.0286. The Morgan fingerprint density at radius 1 is 1.30 bits per heavy atom. The molecule has 1 aliphatic heterocycles. The van der Waals surface area contributed by atoms with Crippen molar-refractivity contribution in [2.24, 2.45) is 11.7 Å². The number of methoxy groups -OCH3 is 1. The number of hydrogen-bond acceptors (Lipinski definition) is 5. The number of amides is 1. The Morgan fingerprint density at radius 3 is 2.48 bits per heavy atom. The third-order valence-electron chi connectivity index (χ3n) is 4.21. The Morgan fingerprint density at radius 2 is 1.91 bits per heavy atom. The third kappa shape index (κ3) is 3.60. The van der Waals surface area contributed by atoms with E-state index >= 15 is 0 Å². The first-order valence-corrected chi connectivity index (χ1v) is 7.42. The molecule has 128 valence electrons. The maximum Gasteiger partial charge on any atom is 0.237 e. The van der Waals surface area contributed by atoms with Gasteiger partial charge in [-0.3, -0.25) is 15.6 Å². The van der Waals surface area contributed by atoms with Crippen LogP contribution in [0.5, 0.6) is 5.75 Å². The Bertz CT molecular complexity index is 575. The molecule has 8 heteroatoms. The maximum absolute atomic E-state index is 13.9. The first-order chi connectivity index (χ1) is 10.9. The second kappa shape index (κ2) is 7.20. The fourth-order valence-electron chi connectivity index (χ4n) is 2.85. The van der Waals surface area contributed by atoms with Gasteiger partial charge in [0.25, 0.3) is 0 Å². The Hall–Kier alpha value is -1.77. The van der Waals surface area contributed by atoms with E-state index in [0.29, 0.717) is 0 Å². The van der Waals surface area contributed by atoms with Crippen LogP contribution in [0.4, 0.5) is 8.78 Å². The summed E-state index contributed by atoms with van der Waals surface area (Å²) in [5.74, 6) is -2.80. The molecule has 1 aromatic rings. The molecule has 5 N–H and O–H groups in total. The number of ether oxygens (including phenoxy) is 1. The summed E-state index contributed by atoms with van der Waals surface area (Å²) < 4.78 is 32.2. The molecule has 2 rings (SSSR count). The van der Waals surface area contributed by atoms with Crippen LogP contribution in [0.3, 0.4) is 0 Å². The zero-order valence-corrected chi connectivity index (χ0v) is 13.3. The minimum Gasteiger partial charge on any atom is -0.494 e. The van der Waals surface area contributed by atoms with E-state index in [-0.39, 0.29) is 35.9 Å². The molecule has 1 heterocycles. The van der Waals surface area contributed by atoms with Crippen LogP contribution in [0.1, 0.15) is 19.4 Å². The Labute approximate surface area is 133 Å². The first-order valence-electron chi connectivity index (χ1n) is 7.42. The molecule has 0 aromatic heterocycles. The van der Waals surface area contributed by atoms with Crippen LogP contribution in [0, 0.1) is 17.6 Å². The normalized spacial score (nSPS) is 25.2. The molecule has 0 radical (unpaired) electrons. The highest BCUT2D eigenvalue weighted by atomic mass is 19.2. The summed E-state index contributed by atoms with van der Waals surface area (Å²) in [7, 11) is 1.25. The molecule has 6 nitrogen and oxygen atoms in total. The quantitative estimate of drug-likeness (QED) is 0.629. The minimum atomic E-state index is -1.07. The summed E-state index contributed by atoms with van der Waals surface area (Å²) in [5.41, 5.74) is 12.1. The zero-order chi connectivity index (χ0) is 17.1. The number of hydrazine groups is 1. The van der Waals surface area contributed by atoms with Crippen LogP contribution in [0.15, 0.2) is 12.1 Å². The number of nitrogens with one attached hydrogen (secondary N) is 3.